The van der Waals surface area contributed by atoms with Crippen LogP contribution >= 0.6 is 27.5 Å². The highest BCUT2D eigenvalue weighted by Crippen LogP contribution is 2.30. The first-order valence-corrected chi connectivity index (χ1v) is 9.62. The zero-order valence-electron chi connectivity index (χ0n) is 15.5. The van der Waals surface area contributed by atoms with Crippen LogP contribution in [-0.4, -0.2) is 20.6 Å². The SMILES string of the molecule is Cc1nn(CC(=O)Nc2cc(Oc3ccc(Cl)cc3)cc([N+](=O)[O-])c2)c(C)c1Br. The Balaban J connectivity index is 1.81. The summed E-state index contributed by atoms with van der Waals surface area (Å²) in [7, 11) is 0. The van der Waals surface area contributed by atoms with E-state index < -0.39 is 4.92 Å². The van der Waals surface area contributed by atoms with Crippen molar-refractivity contribution in [2.45, 2.75) is 20.4 Å². The highest BCUT2D eigenvalue weighted by Gasteiger charge is 2.15. The number of ether oxygens (including phenoxy) is 1. The number of halogens is 2. The second kappa shape index (κ2) is 8.62. The van der Waals surface area contributed by atoms with E-state index in [1.54, 1.807) is 28.9 Å². The average molecular weight is 480 g/mol. The van der Waals surface area contributed by atoms with E-state index in [9.17, 15) is 14.9 Å². The van der Waals surface area contributed by atoms with Crippen molar-refractivity contribution in [3.05, 3.63) is 73.5 Å². The molecule has 3 aromatic rings. The topological polar surface area (TPSA) is 99.3 Å². The minimum atomic E-state index is -0.553. The second-order valence-electron chi connectivity index (χ2n) is 6.22. The van der Waals surface area contributed by atoms with Crippen LogP contribution in [0.3, 0.4) is 0 Å². The number of anilines is 1. The van der Waals surface area contributed by atoms with Gasteiger partial charge in [0.15, 0.2) is 0 Å². The van der Waals surface area contributed by atoms with Crippen molar-refractivity contribution in [3.8, 4) is 11.5 Å². The number of benzene rings is 2. The fraction of sp³-hybridized carbons (Fsp3) is 0.158. The zero-order valence-corrected chi connectivity index (χ0v) is 17.8. The van der Waals surface area contributed by atoms with Gasteiger partial charge < -0.3 is 10.1 Å². The van der Waals surface area contributed by atoms with Crippen LogP contribution in [0.4, 0.5) is 11.4 Å². The van der Waals surface area contributed by atoms with Gasteiger partial charge >= 0.3 is 0 Å². The molecule has 0 bridgehead atoms. The first-order chi connectivity index (χ1) is 13.7. The molecule has 8 nitrogen and oxygen atoms in total. The molecule has 0 aliphatic carbocycles. The minimum absolute atomic E-state index is 0.0334. The van der Waals surface area contributed by atoms with Gasteiger partial charge in [0.1, 0.15) is 18.0 Å². The maximum atomic E-state index is 12.4. The average Bonchev–Trinajstić information content (AvgIpc) is 2.90. The van der Waals surface area contributed by atoms with Gasteiger partial charge in [0.05, 0.1) is 32.5 Å². The molecule has 1 heterocycles. The van der Waals surface area contributed by atoms with Crippen LogP contribution in [0, 0.1) is 24.0 Å². The van der Waals surface area contributed by atoms with Gasteiger partial charge in [-0.15, -0.1) is 0 Å². The quantitative estimate of drug-likeness (QED) is 0.384. The van der Waals surface area contributed by atoms with E-state index in [2.05, 4.69) is 26.3 Å². The Bertz CT molecular complexity index is 1080. The summed E-state index contributed by atoms with van der Waals surface area (Å²) in [4.78, 5) is 23.1. The predicted molar refractivity (Wildman–Crippen MR) is 113 cm³/mol. The van der Waals surface area contributed by atoms with E-state index >= 15 is 0 Å². The lowest BCUT2D eigenvalue weighted by Gasteiger charge is -2.10. The number of non-ortho nitro benzene ring substituents is 1. The van der Waals surface area contributed by atoms with E-state index in [-0.39, 0.29) is 29.6 Å². The standard InChI is InChI=1S/C19H16BrClN4O4/c1-11-19(20)12(2)24(23-11)10-18(26)22-14-7-15(25(27)28)9-17(8-14)29-16-5-3-13(21)4-6-16/h3-9H,10H2,1-2H3,(H,22,26). The van der Waals surface area contributed by atoms with Crippen LogP contribution in [0.2, 0.25) is 5.02 Å². The third-order valence-electron chi connectivity index (χ3n) is 4.02. The van der Waals surface area contributed by atoms with Crippen LogP contribution in [0.5, 0.6) is 11.5 Å². The Morgan fingerprint density at radius 3 is 2.52 bits per heavy atom. The van der Waals surface area contributed by atoms with Crippen LogP contribution in [-0.2, 0) is 11.3 Å². The Kier molecular flexibility index (Phi) is 6.19. The van der Waals surface area contributed by atoms with Gasteiger partial charge in [0.2, 0.25) is 5.91 Å². The number of amides is 1. The van der Waals surface area contributed by atoms with Gasteiger partial charge in [-0.2, -0.15) is 5.10 Å². The number of aryl methyl sites for hydroxylation is 1. The summed E-state index contributed by atoms with van der Waals surface area (Å²) in [6, 6.07) is 10.6. The van der Waals surface area contributed by atoms with Crippen LogP contribution in [0.25, 0.3) is 0 Å². The van der Waals surface area contributed by atoms with Crippen molar-refractivity contribution in [3.63, 3.8) is 0 Å². The van der Waals surface area contributed by atoms with Gasteiger partial charge in [-0.3, -0.25) is 19.6 Å². The van der Waals surface area contributed by atoms with Crippen molar-refractivity contribution in [2.24, 2.45) is 0 Å². The highest BCUT2D eigenvalue weighted by atomic mass is 79.9. The Morgan fingerprint density at radius 1 is 1.24 bits per heavy atom. The molecule has 1 aromatic heterocycles. The van der Waals surface area contributed by atoms with Crippen molar-refractivity contribution < 1.29 is 14.5 Å². The lowest BCUT2D eigenvalue weighted by atomic mass is 10.2. The summed E-state index contributed by atoms with van der Waals surface area (Å²) in [6.45, 7) is 3.63. The van der Waals surface area contributed by atoms with Crippen molar-refractivity contribution in [2.75, 3.05) is 5.32 Å². The molecule has 0 atom stereocenters. The van der Waals surface area contributed by atoms with Gasteiger partial charge in [-0.05, 0) is 54.0 Å². The van der Waals surface area contributed by atoms with Crippen molar-refractivity contribution in [1.29, 1.82) is 0 Å². The number of hydrogen-bond donors (Lipinski definition) is 1. The maximum Gasteiger partial charge on any atom is 0.275 e. The number of nitrogens with zero attached hydrogens (tertiary/aromatic N) is 3. The van der Waals surface area contributed by atoms with Crippen molar-refractivity contribution >= 4 is 44.8 Å². The number of carbonyl (C=O) groups excluding carboxylic acids is 1. The van der Waals surface area contributed by atoms with E-state index in [0.29, 0.717) is 10.8 Å². The second-order valence-corrected chi connectivity index (χ2v) is 7.45. The number of hydrogen-bond acceptors (Lipinski definition) is 5. The number of nitro groups is 1. The molecular formula is C19H16BrClN4O4. The smallest absolute Gasteiger partial charge is 0.275 e. The summed E-state index contributed by atoms with van der Waals surface area (Å²) in [5.41, 5.74) is 1.61. The molecule has 0 unspecified atom stereocenters. The minimum Gasteiger partial charge on any atom is -0.457 e. The summed E-state index contributed by atoms with van der Waals surface area (Å²) in [5, 5.41) is 18.7. The molecule has 2 aromatic carbocycles. The highest BCUT2D eigenvalue weighted by molar-refractivity contribution is 9.10. The largest absolute Gasteiger partial charge is 0.457 e. The Hall–Kier alpha value is -2.91. The normalized spacial score (nSPS) is 10.6. The molecule has 0 radical (unpaired) electrons. The monoisotopic (exact) mass is 478 g/mol. The van der Waals surface area contributed by atoms with E-state index in [0.717, 1.165) is 15.9 Å². The summed E-state index contributed by atoms with van der Waals surface area (Å²) >= 11 is 9.26. The fourth-order valence-electron chi connectivity index (χ4n) is 2.62. The number of carbonyl (C=O) groups is 1. The van der Waals surface area contributed by atoms with Crippen LogP contribution in [0.15, 0.2) is 46.9 Å². The number of aromatic nitrogens is 2. The van der Waals surface area contributed by atoms with Gasteiger partial charge in [0, 0.05) is 17.2 Å². The fourth-order valence-corrected chi connectivity index (χ4v) is 3.03. The van der Waals surface area contributed by atoms with E-state index in [1.807, 2.05) is 13.8 Å². The molecule has 0 spiro atoms. The maximum absolute atomic E-state index is 12.4. The van der Waals surface area contributed by atoms with Gasteiger partial charge in [0.25, 0.3) is 5.69 Å². The van der Waals surface area contributed by atoms with E-state index in [4.69, 9.17) is 16.3 Å². The summed E-state index contributed by atoms with van der Waals surface area (Å²) in [6.07, 6.45) is 0. The molecule has 0 aliphatic heterocycles. The summed E-state index contributed by atoms with van der Waals surface area (Å²) < 4.78 is 8.05. The molecule has 0 aliphatic rings. The molecular weight excluding hydrogens is 464 g/mol. The van der Waals surface area contributed by atoms with Gasteiger partial charge in [-0.1, -0.05) is 11.6 Å². The van der Waals surface area contributed by atoms with Crippen LogP contribution in [0.1, 0.15) is 11.4 Å². The molecule has 3 rings (SSSR count). The lowest BCUT2D eigenvalue weighted by Crippen LogP contribution is -2.20. The summed E-state index contributed by atoms with van der Waals surface area (Å²) in [5.74, 6) is 0.298. The number of nitro benzene ring substituents is 1. The molecule has 1 N–H and O–H groups in total. The predicted octanol–water partition coefficient (Wildman–Crippen LogP) is 5.26. The molecule has 29 heavy (non-hydrogen) atoms. The van der Waals surface area contributed by atoms with E-state index in [1.165, 1.54) is 18.2 Å². The third kappa shape index (κ3) is 5.12. The van der Waals surface area contributed by atoms with Gasteiger partial charge in [-0.25, -0.2) is 0 Å². The Labute approximate surface area is 179 Å². The molecule has 150 valence electrons. The first-order valence-electron chi connectivity index (χ1n) is 8.45. The molecule has 0 saturated carbocycles. The van der Waals surface area contributed by atoms with Crippen molar-refractivity contribution in [1.82, 2.24) is 9.78 Å². The number of nitrogens with one attached hydrogen (secondary N) is 1. The zero-order chi connectivity index (χ0) is 21.1. The first kappa shape index (κ1) is 20.8. The molecule has 0 fully saturated rings. The third-order valence-corrected chi connectivity index (χ3v) is 5.42. The Morgan fingerprint density at radius 2 is 1.93 bits per heavy atom. The molecule has 1 amide bonds. The molecule has 10 heteroatoms. The number of rotatable bonds is 6. The lowest BCUT2D eigenvalue weighted by molar-refractivity contribution is -0.384. The molecule has 0 saturated heterocycles. The van der Waals surface area contributed by atoms with Crippen LogP contribution < -0.4 is 10.1 Å².